The average Bonchev–Trinajstić information content (AvgIpc) is 2.28. The Hall–Kier alpha value is -0.750. The fourth-order valence-electron chi connectivity index (χ4n) is 1.96. The second-order valence-electron chi connectivity index (χ2n) is 4.17. The summed E-state index contributed by atoms with van der Waals surface area (Å²) >= 11 is 0. The SMILES string of the molecule is CN(CC(F)F)C(=O)C1(CN)CCOCC1. The Kier molecular flexibility index (Phi) is 4.61. The molecule has 1 fully saturated rings. The summed E-state index contributed by atoms with van der Waals surface area (Å²) in [6.45, 7) is 0.571. The highest BCUT2D eigenvalue weighted by atomic mass is 19.3. The van der Waals surface area contributed by atoms with Crippen LogP contribution in [0.1, 0.15) is 12.8 Å². The van der Waals surface area contributed by atoms with Gasteiger partial charge in [-0.15, -0.1) is 0 Å². The lowest BCUT2D eigenvalue weighted by atomic mass is 9.79. The zero-order valence-electron chi connectivity index (χ0n) is 9.42. The molecule has 1 aliphatic heterocycles. The molecule has 0 bridgehead atoms. The second-order valence-corrected chi connectivity index (χ2v) is 4.17. The van der Waals surface area contributed by atoms with Crippen LogP contribution in [0.15, 0.2) is 0 Å². The molecule has 16 heavy (non-hydrogen) atoms. The van der Waals surface area contributed by atoms with Gasteiger partial charge in [0.15, 0.2) is 0 Å². The van der Waals surface area contributed by atoms with Crippen molar-refractivity contribution in [2.75, 3.05) is 33.4 Å². The van der Waals surface area contributed by atoms with Crippen LogP contribution < -0.4 is 5.73 Å². The number of ether oxygens (including phenoxy) is 1. The monoisotopic (exact) mass is 236 g/mol. The molecule has 6 heteroatoms. The van der Waals surface area contributed by atoms with Gasteiger partial charge in [0.25, 0.3) is 6.43 Å². The van der Waals surface area contributed by atoms with Gasteiger partial charge in [-0.3, -0.25) is 4.79 Å². The van der Waals surface area contributed by atoms with Gasteiger partial charge in [-0.05, 0) is 12.8 Å². The van der Waals surface area contributed by atoms with E-state index in [0.29, 0.717) is 26.1 Å². The Morgan fingerprint density at radius 3 is 2.50 bits per heavy atom. The van der Waals surface area contributed by atoms with E-state index >= 15 is 0 Å². The number of nitrogens with two attached hydrogens (primary N) is 1. The third kappa shape index (κ3) is 2.89. The van der Waals surface area contributed by atoms with E-state index in [1.807, 2.05) is 0 Å². The van der Waals surface area contributed by atoms with Crippen LogP contribution in [-0.2, 0) is 9.53 Å². The summed E-state index contributed by atoms with van der Waals surface area (Å²) < 4.78 is 29.5. The van der Waals surface area contributed by atoms with E-state index in [2.05, 4.69) is 0 Å². The van der Waals surface area contributed by atoms with Crippen LogP contribution in [0.3, 0.4) is 0 Å². The molecule has 1 amide bonds. The van der Waals surface area contributed by atoms with Gasteiger partial charge >= 0.3 is 0 Å². The molecule has 0 aromatic carbocycles. The predicted molar refractivity (Wildman–Crippen MR) is 55.2 cm³/mol. The molecule has 0 aromatic heterocycles. The van der Waals surface area contributed by atoms with Crippen LogP contribution in [0, 0.1) is 5.41 Å². The van der Waals surface area contributed by atoms with Crippen LogP contribution in [0.4, 0.5) is 8.78 Å². The maximum absolute atomic E-state index is 12.2. The lowest BCUT2D eigenvalue weighted by Gasteiger charge is -2.37. The third-order valence-corrected chi connectivity index (χ3v) is 3.05. The fourth-order valence-corrected chi connectivity index (χ4v) is 1.96. The van der Waals surface area contributed by atoms with E-state index in [1.165, 1.54) is 7.05 Å². The Morgan fingerprint density at radius 1 is 1.50 bits per heavy atom. The molecule has 4 nitrogen and oxygen atoms in total. The Bertz CT molecular complexity index is 243. The summed E-state index contributed by atoms with van der Waals surface area (Å²) in [5.41, 5.74) is 4.91. The van der Waals surface area contributed by atoms with E-state index in [-0.39, 0.29) is 12.5 Å². The topological polar surface area (TPSA) is 55.6 Å². The molecule has 1 aliphatic rings. The molecule has 0 unspecified atom stereocenters. The number of alkyl halides is 2. The molecular formula is C10H18F2N2O2. The van der Waals surface area contributed by atoms with Crippen LogP contribution >= 0.6 is 0 Å². The standard InChI is InChI=1S/C10H18F2N2O2/c1-14(6-8(11)12)9(15)10(7-13)2-4-16-5-3-10/h8H,2-7,13H2,1H3. The Morgan fingerprint density at radius 2 is 2.06 bits per heavy atom. The molecule has 0 saturated carbocycles. The van der Waals surface area contributed by atoms with Gasteiger partial charge in [0.1, 0.15) is 0 Å². The van der Waals surface area contributed by atoms with Crippen LogP contribution in [0.5, 0.6) is 0 Å². The highest BCUT2D eigenvalue weighted by Gasteiger charge is 2.40. The molecule has 94 valence electrons. The molecular weight excluding hydrogens is 218 g/mol. The van der Waals surface area contributed by atoms with Crippen molar-refractivity contribution in [3.63, 3.8) is 0 Å². The molecule has 0 aromatic rings. The van der Waals surface area contributed by atoms with Crippen molar-refractivity contribution in [2.24, 2.45) is 11.1 Å². The molecule has 1 heterocycles. The number of carbonyl (C=O) groups excluding carboxylic acids is 1. The van der Waals surface area contributed by atoms with E-state index in [4.69, 9.17) is 10.5 Å². The smallest absolute Gasteiger partial charge is 0.255 e. The summed E-state index contributed by atoms with van der Waals surface area (Å²) in [5, 5.41) is 0. The van der Waals surface area contributed by atoms with Gasteiger partial charge in [-0.25, -0.2) is 8.78 Å². The number of halogens is 2. The molecule has 0 radical (unpaired) electrons. The van der Waals surface area contributed by atoms with E-state index in [0.717, 1.165) is 4.90 Å². The summed E-state index contributed by atoms with van der Waals surface area (Å²) in [4.78, 5) is 13.1. The van der Waals surface area contributed by atoms with Gasteiger partial charge in [0, 0.05) is 26.8 Å². The van der Waals surface area contributed by atoms with Crippen LogP contribution in [-0.4, -0.2) is 50.6 Å². The Balaban J connectivity index is 2.67. The molecule has 0 atom stereocenters. The maximum atomic E-state index is 12.2. The summed E-state index contributed by atoms with van der Waals surface area (Å²) in [6.07, 6.45) is -1.49. The minimum absolute atomic E-state index is 0.183. The molecule has 0 spiro atoms. The van der Waals surface area contributed by atoms with E-state index in [9.17, 15) is 13.6 Å². The second kappa shape index (κ2) is 5.54. The lowest BCUT2D eigenvalue weighted by molar-refractivity contribution is -0.147. The maximum Gasteiger partial charge on any atom is 0.255 e. The van der Waals surface area contributed by atoms with Gasteiger partial charge in [0.05, 0.1) is 12.0 Å². The molecule has 1 rings (SSSR count). The van der Waals surface area contributed by atoms with Crippen molar-refractivity contribution < 1.29 is 18.3 Å². The zero-order valence-corrected chi connectivity index (χ0v) is 9.42. The number of rotatable bonds is 4. The predicted octanol–water partition coefficient (Wildman–Crippen LogP) is 0.465. The number of hydrogen-bond donors (Lipinski definition) is 1. The number of nitrogens with zero attached hydrogens (tertiary/aromatic N) is 1. The first-order valence-corrected chi connectivity index (χ1v) is 5.33. The van der Waals surface area contributed by atoms with Crippen molar-refractivity contribution in [1.29, 1.82) is 0 Å². The number of amides is 1. The van der Waals surface area contributed by atoms with Crippen molar-refractivity contribution >= 4 is 5.91 Å². The molecule has 0 aliphatic carbocycles. The number of carbonyl (C=O) groups is 1. The number of hydrogen-bond acceptors (Lipinski definition) is 3. The van der Waals surface area contributed by atoms with Crippen molar-refractivity contribution in [1.82, 2.24) is 4.90 Å². The summed E-state index contributed by atoms with van der Waals surface area (Å²) in [6, 6.07) is 0. The van der Waals surface area contributed by atoms with E-state index < -0.39 is 18.4 Å². The first-order chi connectivity index (χ1) is 7.52. The fraction of sp³-hybridized carbons (Fsp3) is 0.900. The Labute approximate surface area is 93.7 Å². The average molecular weight is 236 g/mol. The minimum Gasteiger partial charge on any atom is -0.381 e. The quantitative estimate of drug-likeness (QED) is 0.771. The zero-order chi connectivity index (χ0) is 12.2. The normalized spacial score (nSPS) is 19.8. The highest BCUT2D eigenvalue weighted by Crippen LogP contribution is 2.31. The summed E-state index contributed by atoms with van der Waals surface area (Å²) in [7, 11) is 1.39. The third-order valence-electron chi connectivity index (χ3n) is 3.05. The van der Waals surface area contributed by atoms with Gasteiger partial charge < -0.3 is 15.4 Å². The minimum atomic E-state index is -2.51. The van der Waals surface area contributed by atoms with Gasteiger partial charge in [-0.1, -0.05) is 0 Å². The van der Waals surface area contributed by atoms with Crippen molar-refractivity contribution in [2.45, 2.75) is 19.3 Å². The van der Waals surface area contributed by atoms with Crippen LogP contribution in [0.25, 0.3) is 0 Å². The first kappa shape index (κ1) is 13.3. The van der Waals surface area contributed by atoms with Gasteiger partial charge in [0.2, 0.25) is 5.91 Å². The molecule has 1 saturated heterocycles. The van der Waals surface area contributed by atoms with Crippen molar-refractivity contribution in [3.8, 4) is 0 Å². The van der Waals surface area contributed by atoms with E-state index in [1.54, 1.807) is 0 Å². The largest absolute Gasteiger partial charge is 0.381 e. The van der Waals surface area contributed by atoms with Crippen molar-refractivity contribution in [3.05, 3.63) is 0 Å². The molecule has 2 N–H and O–H groups in total. The van der Waals surface area contributed by atoms with Crippen LogP contribution in [0.2, 0.25) is 0 Å². The van der Waals surface area contributed by atoms with Gasteiger partial charge in [-0.2, -0.15) is 0 Å². The summed E-state index contributed by atoms with van der Waals surface area (Å²) in [5.74, 6) is -0.293. The lowest BCUT2D eigenvalue weighted by Crippen LogP contribution is -2.50. The highest BCUT2D eigenvalue weighted by molar-refractivity contribution is 5.83. The first-order valence-electron chi connectivity index (χ1n) is 5.33.